The molecule has 0 N–H and O–H groups in total. The molecule has 1 heterocycles. The number of benzene rings is 1. The van der Waals surface area contributed by atoms with Crippen molar-refractivity contribution in [2.75, 3.05) is 7.11 Å². The average Bonchev–Trinajstić information content (AvgIpc) is 2.32. The van der Waals surface area contributed by atoms with Crippen LogP contribution < -0.4 is 10.3 Å². The molecule has 0 bridgehead atoms. The molecule has 0 saturated carbocycles. The van der Waals surface area contributed by atoms with E-state index in [1.54, 1.807) is 13.0 Å². The first-order valence-electron chi connectivity index (χ1n) is 5.47. The fourth-order valence-electron chi connectivity index (χ4n) is 1.71. The molecule has 4 nitrogen and oxygen atoms in total. The van der Waals surface area contributed by atoms with Crippen LogP contribution in [0.2, 0.25) is 5.02 Å². The van der Waals surface area contributed by atoms with E-state index >= 15 is 0 Å². The Morgan fingerprint density at radius 3 is 2.83 bits per heavy atom. The highest BCUT2D eigenvalue weighted by molar-refractivity contribution is 6.30. The summed E-state index contributed by atoms with van der Waals surface area (Å²) in [6.45, 7) is 2.14. The minimum Gasteiger partial charge on any atom is -0.468 e. The molecule has 18 heavy (non-hydrogen) atoms. The molecule has 0 aliphatic heterocycles. The van der Waals surface area contributed by atoms with Gasteiger partial charge in [-0.2, -0.15) is 0 Å². The number of aryl methyl sites for hydroxylation is 1. The molecular formula is C13H13ClN2O2. The molecule has 0 radical (unpaired) electrons. The summed E-state index contributed by atoms with van der Waals surface area (Å²) in [6.07, 6.45) is 0. The van der Waals surface area contributed by atoms with Crippen molar-refractivity contribution < 1.29 is 4.74 Å². The molecule has 1 aromatic carbocycles. The maximum Gasteiger partial charge on any atom is 0.299 e. The van der Waals surface area contributed by atoms with Crippen LogP contribution in [0.4, 0.5) is 0 Å². The number of halogens is 1. The Bertz CT molecular complexity index is 623. The number of hydrogen-bond acceptors (Lipinski definition) is 3. The summed E-state index contributed by atoms with van der Waals surface area (Å²) in [5.41, 5.74) is 1.42. The van der Waals surface area contributed by atoms with E-state index in [0.717, 1.165) is 5.56 Å². The third-order valence-corrected chi connectivity index (χ3v) is 2.75. The van der Waals surface area contributed by atoms with Gasteiger partial charge in [0.2, 0.25) is 0 Å². The summed E-state index contributed by atoms with van der Waals surface area (Å²) in [7, 11) is 1.50. The maximum atomic E-state index is 11.9. The Kier molecular flexibility index (Phi) is 3.67. The lowest BCUT2D eigenvalue weighted by Gasteiger charge is -2.11. The normalized spacial score (nSPS) is 10.4. The van der Waals surface area contributed by atoms with E-state index < -0.39 is 0 Å². The van der Waals surface area contributed by atoms with Crippen molar-refractivity contribution in [2.24, 2.45) is 0 Å². The maximum absolute atomic E-state index is 11.9. The van der Waals surface area contributed by atoms with E-state index in [2.05, 4.69) is 4.98 Å². The Morgan fingerprint density at radius 1 is 1.39 bits per heavy atom. The lowest BCUT2D eigenvalue weighted by atomic mass is 10.2. The summed E-state index contributed by atoms with van der Waals surface area (Å²) < 4.78 is 6.60. The van der Waals surface area contributed by atoms with E-state index in [-0.39, 0.29) is 5.56 Å². The molecule has 1 aromatic heterocycles. The van der Waals surface area contributed by atoms with Gasteiger partial charge in [0, 0.05) is 16.8 Å². The van der Waals surface area contributed by atoms with Gasteiger partial charge in [-0.05, 0) is 24.6 Å². The number of nitrogens with zero attached hydrogens (tertiary/aromatic N) is 2. The van der Waals surface area contributed by atoms with E-state index in [0.29, 0.717) is 23.3 Å². The quantitative estimate of drug-likeness (QED) is 0.854. The van der Waals surface area contributed by atoms with Crippen LogP contribution in [0.1, 0.15) is 11.3 Å². The fraction of sp³-hybridized carbons (Fsp3) is 0.231. The summed E-state index contributed by atoms with van der Waals surface area (Å²) in [5, 5.41) is 0.639. The second kappa shape index (κ2) is 5.23. The SMILES string of the molecule is COc1nc(C)cc(=O)n1Cc1cccc(Cl)c1. The van der Waals surface area contributed by atoms with Gasteiger partial charge in [0.15, 0.2) is 0 Å². The zero-order chi connectivity index (χ0) is 13.1. The van der Waals surface area contributed by atoms with E-state index in [9.17, 15) is 4.79 Å². The number of aromatic nitrogens is 2. The highest BCUT2D eigenvalue weighted by Crippen LogP contribution is 2.13. The van der Waals surface area contributed by atoms with Crippen LogP contribution in [-0.4, -0.2) is 16.7 Å². The van der Waals surface area contributed by atoms with E-state index in [4.69, 9.17) is 16.3 Å². The van der Waals surface area contributed by atoms with Crippen LogP contribution in [0.3, 0.4) is 0 Å². The van der Waals surface area contributed by atoms with Crippen LogP contribution in [0, 0.1) is 6.92 Å². The second-order valence-electron chi connectivity index (χ2n) is 3.94. The number of rotatable bonds is 3. The van der Waals surface area contributed by atoms with Crippen molar-refractivity contribution in [3.63, 3.8) is 0 Å². The standard InChI is InChI=1S/C13H13ClN2O2/c1-9-6-12(17)16(13(15-9)18-2)8-10-4-3-5-11(14)7-10/h3-7H,8H2,1-2H3. The second-order valence-corrected chi connectivity index (χ2v) is 4.37. The van der Waals surface area contributed by atoms with Gasteiger partial charge < -0.3 is 4.74 Å². The molecule has 2 rings (SSSR count). The minimum absolute atomic E-state index is 0.140. The molecule has 0 amide bonds. The van der Waals surface area contributed by atoms with Gasteiger partial charge in [-0.3, -0.25) is 9.36 Å². The zero-order valence-electron chi connectivity index (χ0n) is 10.2. The highest BCUT2D eigenvalue weighted by Gasteiger charge is 2.08. The summed E-state index contributed by atoms with van der Waals surface area (Å²) in [4.78, 5) is 16.1. The number of methoxy groups -OCH3 is 1. The smallest absolute Gasteiger partial charge is 0.299 e. The van der Waals surface area contributed by atoms with Gasteiger partial charge in [-0.15, -0.1) is 0 Å². The predicted octanol–water partition coefficient (Wildman–Crippen LogP) is 2.26. The fourth-order valence-corrected chi connectivity index (χ4v) is 1.93. The van der Waals surface area contributed by atoms with Crippen LogP contribution in [0.15, 0.2) is 35.1 Å². The van der Waals surface area contributed by atoms with Crippen LogP contribution in [0.5, 0.6) is 6.01 Å². The Hall–Kier alpha value is -1.81. The lowest BCUT2D eigenvalue weighted by Crippen LogP contribution is -2.23. The monoisotopic (exact) mass is 264 g/mol. The Labute approximate surface area is 110 Å². The molecule has 0 fully saturated rings. The van der Waals surface area contributed by atoms with Crippen LogP contribution >= 0.6 is 11.6 Å². The first-order chi connectivity index (χ1) is 8.60. The van der Waals surface area contributed by atoms with Gasteiger partial charge in [0.1, 0.15) is 0 Å². The van der Waals surface area contributed by atoms with Crippen molar-refractivity contribution in [3.05, 3.63) is 57.0 Å². The molecule has 0 aliphatic carbocycles. The first-order valence-corrected chi connectivity index (χ1v) is 5.85. The molecule has 0 spiro atoms. The molecule has 0 saturated heterocycles. The first kappa shape index (κ1) is 12.6. The van der Waals surface area contributed by atoms with Crippen molar-refractivity contribution in [1.29, 1.82) is 0 Å². The third-order valence-electron chi connectivity index (χ3n) is 2.51. The molecule has 94 valence electrons. The highest BCUT2D eigenvalue weighted by atomic mass is 35.5. The van der Waals surface area contributed by atoms with Gasteiger partial charge >= 0.3 is 0 Å². The van der Waals surface area contributed by atoms with Gasteiger partial charge in [0.05, 0.1) is 13.7 Å². The third kappa shape index (κ3) is 2.71. The van der Waals surface area contributed by atoms with Crippen molar-refractivity contribution >= 4 is 11.6 Å². The summed E-state index contributed by atoms with van der Waals surface area (Å²) in [5.74, 6) is 0. The van der Waals surface area contributed by atoms with Gasteiger partial charge in [0.25, 0.3) is 11.6 Å². The molecule has 0 aliphatic rings. The van der Waals surface area contributed by atoms with Crippen LogP contribution in [-0.2, 0) is 6.54 Å². The number of ether oxygens (including phenoxy) is 1. The van der Waals surface area contributed by atoms with Crippen LogP contribution in [0.25, 0.3) is 0 Å². The molecule has 5 heteroatoms. The van der Waals surface area contributed by atoms with Crippen molar-refractivity contribution in [1.82, 2.24) is 9.55 Å². The molecule has 0 unspecified atom stereocenters. The zero-order valence-corrected chi connectivity index (χ0v) is 10.9. The molecule has 0 atom stereocenters. The largest absolute Gasteiger partial charge is 0.468 e. The summed E-state index contributed by atoms with van der Waals surface area (Å²) in [6, 6.07) is 9.13. The average molecular weight is 265 g/mol. The van der Waals surface area contributed by atoms with Gasteiger partial charge in [-0.25, -0.2) is 4.98 Å². The van der Waals surface area contributed by atoms with Crippen molar-refractivity contribution in [2.45, 2.75) is 13.5 Å². The lowest BCUT2D eigenvalue weighted by molar-refractivity contribution is 0.350. The van der Waals surface area contributed by atoms with E-state index in [1.165, 1.54) is 17.7 Å². The topological polar surface area (TPSA) is 44.1 Å². The Morgan fingerprint density at radius 2 is 2.17 bits per heavy atom. The van der Waals surface area contributed by atoms with E-state index in [1.807, 2.05) is 18.2 Å². The Balaban J connectivity index is 2.43. The predicted molar refractivity (Wildman–Crippen MR) is 70.3 cm³/mol. The molecular weight excluding hydrogens is 252 g/mol. The summed E-state index contributed by atoms with van der Waals surface area (Å²) >= 11 is 5.92. The van der Waals surface area contributed by atoms with Crippen molar-refractivity contribution in [3.8, 4) is 6.01 Å². The number of hydrogen-bond donors (Lipinski definition) is 0. The minimum atomic E-state index is -0.140. The van der Waals surface area contributed by atoms with Gasteiger partial charge in [-0.1, -0.05) is 23.7 Å². The molecule has 2 aromatic rings.